The highest BCUT2D eigenvalue weighted by atomic mass is 16.3. The Balaban J connectivity index is 2.27. The molecule has 0 heterocycles. The van der Waals surface area contributed by atoms with E-state index in [4.69, 9.17) is 0 Å². The molecular formula is C22H30O4. The van der Waals surface area contributed by atoms with E-state index in [1.165, 1.54) is 0 Å². The first kappa shape index (κ1) is 19.1. The van der Waals surface area contributed by atoms with Crippen LogP contribution in [-0.4, -0.2) is 22.5 Å². The molecule has 142 valence electrons. The number of hydrogen-bond donors (Lipinski definition) is 1. The molecule has 0 aliphatic heterocycles. The molecule has 0 aromatic rings. The van der Waals surface area contributed by atoms with Gasteiger partial charge in [0.2, 0.25) is 0 Å². The van der Waals surface area contributed by atoms with Gasteiger partial charge in [0.15, 0.2) is 17.3 Å². The first-order valence-electron chi connectivity index (χ1n) is 9.63. The van der Waals surface area contributed by atoms with Gasteiger partial charge in [-0.2, -0.15) is 0 Å². The molecule has 3 atom stereocenters. The second-order valence-corrected chi connectivity index (χ2v) is 9.69. The molecule has 2 fully saturated rings. The summed E-state index contributed by atoms with van der Waals surface area (Å²) in [7, 11) is 0. The van der Waals surface area contributed by atoms with E-state index in [1.807, 2.05) is 19.9 Å². The van der Waals surface area contributed by atoms with Crippen molar-refractivity contribution in [3.63, 3.8) is 0 Å². The molecule has 0 radical (unpaired) electrons. The fraction of sp³-hybridized carbons (Fsp3) is 0.682. The van der Waals surface area contributed by atoms with E-state index in [-0.39, 0.29) is 34.2 Å². The van der Waals surface area contributed by atoms with E-state index < -0.39 is 22.5 Å². The minimum Gasteiger partial charge on any atom is -0.510 e. The lowest BCUT2D eigenvalue weighted by Crippen LogP contribution is -2.50. The average Bonchev–Trinajstić information content (AvgIpc) is 2.93. The summed E-state index contributed by atoms with van der Waals surface area (Å²) in [5, 5.41) is 11.1. The number of aliphatic hydroxyl groups is 1. The van der Waals surface area contributed by atoms with E-state index in [0.29, 0.717) is 19.3 Å². The molecule has 0 aromatic carbocycles. The number of ketones is 3. The molecule has 3 aliphatic carbocycles. The molecule has 4 heteroatoms. The molecule has 0 aromatic heterocycles. The lowest BCUT2D eigenvalue weighted by molar-refractivity contribution is -0.144. The third-order valence-corrected chi connectivity index (χ3v) is 7.05. The van der Waals surface area contributed by atoms with Gasteiger partial charge in [0.1, 0.15) is 11.3 Å². The number of carbonyl (C=O) groups is 3. The first-order chi connectivity index (χ1) is 11.9. The quantitative estimate of drug-likeness (QED) is 0.461. The molecule has 0 saturated heterocycles. The normalized spacial score (nSPS) is 35.1. The van der Waals surface area contributed by atoms with Crippen molar-refractivity contribution >= 4 is 17.3 Å². The van der Waals surface area contributed by atoms with Crippen molar-refractivity contribution in [1.82, 2.24) is 0 Å². The highest BCUT2D eigenvalue weighted by molar-refractivity contribution is 6.32. The van der Waals surface area contributed by atoms with E-state index in [0.717, 1.165) is 12.0 Å². The van der Waals surface area contributed by atoms with Crippen molar-refractivity contribution in [2.75, 3.05) is 0 Å². The molecule has 4 nitrogen and oxygen atoms in total. The van der Waals surface area contributed by atoms with E-state index in [9.17, 15) is 19.5 Å². The summed E-state index contributed by atoms with van der Waals surface area (Å²) in [6, 6.07) is 0. The van der Waals surface area contributed by atoms with E-state index in [2.05, 4.69) is 13.8 Å². The minimum absolute atomic E-state index is 0.0954. The summed E-state index contributed by atoms with van der Waals surface area (Å²) in [6.45, 7) is 11.6. The second kappa shape index (κ2) is 5.64. The van der Waals surface area contributed by atoms with Crippen LogP contribution in [0, 0.1) is 28.1 Å². The van der Waals surface area contributed by atoms with Gasteiger partial charge in [-0.05, 0) is 50.9 Å². The Morgan fingerprint density at radius 3 is 2.38 bits per heavy atom. The lowest BCUT2D eigenvalue weighted by Gasteiger charge is -2.36. The zero-order valence-corrected chi connectivity index (χ0v) is 16.7. The van der Waals surface area contributed by atoms with Crippen LogP contribution in [0.1, 0.15) is 67.2 Å². The smallest absolute Gasteiger partial charge is 0.183 e. The first-order valence-corrected chi connectivity index (χ1v) is 9.63. The summed E-state index contributed by atoms with van der Waals surface area (Å²) in [5.41, 5.74) is -1.44. The van der Waals surface area contributed by atoms with Crippen molar-refractivity contribution in [1.29, 1.82) is 0 Å². The van der Waals surface area contributed by atoms with Gasteiger partial charge in [0.25, 0.3) is 0 Å². The third-order valence-electron chi connectivity index (χ3n) is 7.05. The van der Waals surface area contributed by atoms with Gasteiger partial charge < -0.3 is 5.11 Å². The third kappa shape index (κ3) is 2.17. The Kier molecular flexibility index (Phi) is 4.14. The second-order valence-electron chi connectivity index (χ2n) is 9.69. The van der Waals surface area contributed by atoms with Gasteiger partial charge in [0, 0.05) is 5.92 Å². The maximum Gasteiger partial charge on any atom is 0.183 e. The maximum atomic E-state index is 13.6. The Morgan fingerprint density at radius 2 is 1.85 bits per heavy atom. The number of carbonyl (C=O) groups excluding carboxylic acids is 3. The SMILES string of the molecule is CC(C)=CCC12CC3C(C)(C)CCC3(C(=O)C(C(=O)C(C)C)=C1O)C2=O. The summed E-state index contributed by atoms with van der Waals surface area (Å²) < 4.78 is 0. The molecule has 1 spiro atoms. The molecule has 0 amide bonds. The lowest BCUT2D eigenvalue weighted by atomic mass is 9.63. The van der Waals surface area contributed by atoms with Gasteiger partial charge in [-0.1, -0.05) is 39.3 Å². The Bertz CT molecular complexity index is 763. The Morgan fingerprint density at radius 1 is 1.23 bits per heavy atom. The van der Waals surface area contributed by atoms with Crippen LogP contribution in [0.2, 0.25) is 0 Å². The van der Waals surface area contributed by atoms with E-state index in [1.54, 1.807) is 13.8 Å². The highest BCUT2D eigenvalue weighted by Gasteiger charge is 2.75. The predicted octanol–water partition coefficient (Wildman–Crippen LogP) is 4.34. The van der Waals surface area contributed by atoms with Crippen LogP contribution in [0.3, 0.4) is 0 Å². The van der Waals surface area contributed by atoms with Crippen molar-refractivity contribution in [2.24, 2.45) is 28.1 Å². The predicted molar refractivity (Wildman–Crippen MR) is 99.5 cm³/mol. The summed E-state index contributed by atoms with van der Waals surface area (Å²) >= 11 is 0. The number of hydrogen-bond acceptors (Lipinski definition) is 4. The van der Waals surface area contributed by atoms with Gasteiger partial charge in [-0.15, -0.1) is 0 Å². The van der Waals surface area contributed by atoms with Gasteiger partial charge in [-0.3, -0.25) is 14.4 Å². The van der Waals surface area contributed by atoms with Gasteiger partial charge in [0.05, 0.1) is 10.8 Å². The largest absolute Gasteiger partial charge is 0.510 e. The van der Waals surface area contributed by atoms with Crippen LogP contribution in [0.4, 0.5) is 0 Å². The zero-order chi connectivity index (χ0) is 19.7. The molecule has 2 saturated carbocycles. The maximum absolute atomic E-state index is 13.6. The minimum atomic E-state index is -1.12. The van der Waals surface area contributed by atoms with Crippen LogP contribution in [0.25, 0.3) is 0 Å². The number of rotatable bonds is 4. The fourth-order valence-corrected chi connectivity index (χ4v) is 5.44. The van der Waals surface area contributed by atoms with Gasteiger partial charge in [-0.25, -0.2) is 0 Å². The van der Waals surface area contributed by atoms with Crippen LogP contribution in [0.5, 0.6) is 0 Å². The van der Waals surface area contributed by atoms with Crippen molar-refractivity contribution in [2.45, 2.75) is 67.2 Å². The molecule has 3 unspecified atom stereocenters. The molecule has 3 rings (SSSR count). The summed E-state index contributed by atoms with van der Waals surface area (Å²) in [4.78, 5) is 39.9. The van der Waals surface area contributed by atoms with Crippen molar-refractivity contribution in [3.8, 4) is 0 Å². The molecular weight excluding hydrogens is 328 g/mol. The molecule has 26 heavy (non-hydrogen) atoms. The number of allylic oxidation sites excluding steroid dienone is 4. The van der Waals surface area contributed by atoms with Crippen molar-refractivity contribution in [3.05, 3.63) is 23.0 Å². The number of aliphatic hydroxyl groups excluding tert-OH is 1. The van der Waals surface area contributed by atoms with Crippen LogP contribution < -0.4 is 0 Å². The zero-order valence-electron chi connectivity index (χ0n) is 16.7. The van der Waals surface area contributed by atoms with Crippen molar-refractivity contribution < 1.29 is 19.5 Å². The monoisotopic (exact) mass is 358 g/mol. The average molecular weight is 358 g/mol. The Labute approximate surface area is 155 Å². The number of fused-ring (bicyclic) bond motifs is 1. The number of Topliss-reactive ketones (excluding diaryl/α,β-unsaturated/α-hetero) is 3. The highest BCUT2D eigenvalue weighted by Crippen LogP contribution is 2.70. The van der Waals surface area contributed by atoms with Crippen LogP contribution in [-0.2, 0) is 14.4 Å². The van der Waals surface area contributed by atoms with Crippen LogP contribution >= 0.6 is 0 Å². The Hall–Kier alpha value is -1.71. The summed E-state index contributed by atoms with van der Waals surface area (Å²) in [6.07, 6.45) is 4.04. The fourth-order valence-electron chi connectivity index (χ4n) is 5.44. The van der Waals surface area contributed by atoms with Gasteiger partial charge >= 0.3 is 0 Å². The topological polar surface area (TPSA) is 71.4 Å². The summed E-state index contributed by atoms with van der Waals surface area (Å²) in [5.74, 6) is -1.69. The standard InChI is InChI=1S/C22H30O4/c1-12(2)7-8-21-11-14-20(5,6)9-10-22(14,19(21)26)18(25)15(17(21)24)16(23)13(3)4/h7,13-14,24H,8-11H2,1-6H3. The van der Waals surface area contributed by atoms with Crippen LogP contribution in [0.15, 0.2) is 23.0 Å². The molecule has 2 bridgehead atoms. The van der Waals surface area contributed by atoms with E-state index >= 15 is 0 Å². The molecule has 3 aliphatic rings. The molecule has 1 N–H and O–H groups in total.